The minimum atomic E-state index is 0.0667. The van der Waals surface area contributed by atoms with Gasteiger partial charge in [0, 0.05) is 5.41 Å². The number of fused-ring (bicyclic) bond motifs is 4. The Hall–Kier alpha value is -1.87. The molecule has 2 aliphatic carbocycles. The quantitative estimate of drug-likeness (QED) is 0.430. The summed E-state index contributed by atoms with van der Waals surface area (Å²) in [6.07, 6.45) is 2.27. The van der Waals surface area contributed by atoms with Gasteiger partial charge in [0.05, 0.1) is 0 Å². The average molecular weight is 448 g/mol. The smallest absolute Gasteiger partial charge is 0.0159 e. The van der Waals surface area contributed by atoms with Crippen molar-refractivity contribution in [3.05, 3.63) is 93.9 Å². The summed E-state index contributed by atoms with van der Waals surface area (Å²) in [6, 6.07) is 24.9. The summed E-state index contributed by atoms with van der Waals surface area (Å²) in [6.45, 7) is 4.72. The van der Waals surface area contributed by atoms with Gasteiger partial charge in [-0.2, -0.15) is 0 Å². The van der Waals surface area contributed by atoms with E-state index in [0.717, 1.165) is 12.8 Å². The molecule has 0 fully saturated rings. The van der Waals surface area contributed by atoms with Crippen LogP contribution in [0.1, 0.15) is 43.4 Å². The Bertz CT molecular complexity index is 1160. The predicted molar refractivity (Wildman–Crippen MR) is 119 cm³/mol. The number of hydrogen-bond acceptors (Lipinski definition) is 0. The zero-order valence-corrected chi connectivity index (χ0v) is 17.3. The summed E-state index contributed by atoms with van der Waals surface area (Å²) in [5.41, 5.74) is 8.67. The topological polar surface area (TPSA) is 0 Å². The molecule has 3 aromatic rings. The van der Waals surface area contributed by atoms with E-state index in [0.29, 0.717) is 0 Å². The van der Waals surface area contributed by atoms with Crippen LogP contribution in [0.25, 0.3) is 20.3 Å². The van der Waals surface area contributed by atoms with Gasteiger partial charge >= 0.3 is 0 Å². The Labute approximate surface area is 168 Å². The number of halogens is 1. The molecule has 0 saturated heterocycles. The third-order valence-electron chi connectivity index (χ3n) is 6.07. The first-order chi connectivity index (χ1) is 12.6. The van der Waals surface area contributed by atoms with E-state index in [-0.39, 0.29) is 5.41 Å². The van der Waals surface area contributed by atoms with Gasteiger partial charge in [-0.05, 0) is 88.9 Å². The van der Waals surface area contributed by atoms with Crippen molar-refractivity contribution in [1.82, 2.24) is 0 Å². The average Bonchev–Trinajstić information content (AvgIpc) is 2.90. The van der Waals surface area contributed by atoms with E-state index in [4.69, 9.17) is 0 Å². The maximum absolute atomic E-state index is 2.52. The van der Waals surface area contributed by atoms with Gasteiger partial charge in [0.15, 0.2) is 0 Å². The summed E-state index contributed by atoms with van der Waals surface area (Å²) in [7, 11) is 0. The minimum absolute atomic E-state index is 0.0667. The molecule has 26 heavy (non-hydrogen) atoms. The molecule has 0 spiro atoms. The summed E-state index contributed by atoms with van der Waals surface area (Å²) < 4.78 is 1.48. The molecular weight excluding hydrogens is 427 g/mol. The van der Waals surface area contributed by atoms with Crippen molar-refractivity contribution < 1.29 is 0 Å². The summed E-state index contributed by atoms with van der Waals surface area (Å²) in [5, 5.41) is 2.83. The van der Waals surface area contributed by atoms with Gasteiger partial charge in [-0.1, -0.05) is 74.5 Å². The van der Waals surface area contributed by atoms with E-state index in [2.05, 4.69) is 103 Å². The van der Waals surface area contributed by atoms with Crippen molar-refractivity contribution >= 4 is 31.7 Å². The standard InChI is InChI=1S/C25H21I/c1-25(2)22-10-6-5-8-19(22)20-12-11-16(15-23(20)25)17-13-14-24(26)21-9-4-3-7-18(17)21/h3-12,15H,13-14H2,1-2H3. The molecule has 0 bridgehead atoms. The van der Waals surface area contributed by atoms with E-state index >= 15 is 0 Å². The van der Waals surface area contributed by atoms with Gasteiger partial charge in [0.1, 0.15) is 0 Å². The number of hydrogen-bond donors (Lipinski definition) is 0. The van der Waals surface area contributed by atoms with Gasteiger partial charge in [-0.15, -0.1) is 0 Å². The fraction of sp³-hybridized carbons (Fsp3) is 0.200. The second-order valence-corrected chi connectivity index (χ2v) is 9.16. The molecule has 128 valence electrons. The van der Waals surface area contributed by atoms with Gasteiger partial charge in [-0.3, -0.25) is 0 Å². The van der Waals surface area contributed by atoms with Crippen LogP contribution in [0.4, 0.5) is 0 Å². The third kappa shape index (κ3) is 2.26. The molecule has 0 aromatic heterocycles. The van der Waals surface area contributed by atoms with Crippen molar-refractivity contribution in [2.24, 2.45) is 0 Å². The molecule has 0 radical (unpaired) electrons. The van der Waals surface area contributed by atoms with Gasteiger partial charge in [0.25, 0.3) is 0 Å². The normalized spacial score (nSPS) is 16.9. The first kappa shape index (κ1) is 16.3. The number of benzene rings is 3. The predicted octanol–water partition coefficient (Wildman–Crippen LogP) is 5.53. The van der Waals surface area contributed by atoms with E-state index < -0.39 is 0 Å². The Kier molecular flexibility index (Phi) is 3.65. The lowest BCUT2D eigenvalue weighted by atomic mass is 9.81. The Morgan fingerprint density at radius 2 is 1.42 bits per heavy atom. The van der Waals surface area contributed by atoms with Crippen LogP contribution in [-0.2, 0) is 5.41 Å². The molecule has 0 N–H and O–H groups in total. The molecule has 3 aromatic carbocycles. The summed E-state index contributed by atoms with van der Waals surface area (Å²) in [5.74, 6) is 0. The van der Waals surface area contributed by atoms with Crippen LogP contribution in [0.15, 0.2) is 66.7 Å². The molecule has 5 rings (SSSR count). The van der Waals surface area contributed by atoms with Crippen LogP contribution in [-0.4, -0.2) is 0 Å². The lowest BCUT2D eigenvalue weighted by molar-refractivity contribution is 0.660. The fourth-order valence-corrected chi connectivity index (χ4v) is 5.42. The molecule has 0 heterocycles. The Morgan fingerprint density at radius 3 is 2.27 bits per heavy atom. The van der Waals surface area contributed by atoms with Gasteiger partial charge in [-0.25, -0.2) is 0 Å². The van der Waals surface area contributed by atoms with E-state index in [1.54, 1.807) is 0 Å². The van der Waals surface area contributed by atoms with Crippen LogP contribution in [0, 0.1) is 0 Å². The van der Waals surface area contributed by atoms with Crippen LogP contribution >= 0.6 is 22.6 Å². The first-order valence-corrected chi connectivity index (χ1v) is 10.4. The van der Waals surface area contributed by atoms with E-state index in [9.17, 15) is 0 Å². The maximum atomic E-state index is 2.52. The fourth-order valence-electron chi connectivity index (χ4n) is 4.68. The van der Waals surface area contributed by atoms with Gasteiger partial charge in [0.2, 0.25) is 0 Å². The molecule has 0 saturated carbocycles. The summed E-state index contributed by atoms with van der Waals surface area (Å²) in [4.78, 5) is 0. The van der Waals surface area contributed by atoms with Gasteiger partial charge < -0.3 is 0 Å². The second-order valence-electron chi connectivity index (χ2n) is 7.86. The third-order valence-corrected chi connectivity index (χ3v) is 7.19. The van der Waals surface area contributed by atoms with Crippen LogP contribution in [0.3, 0.4) is 0 Å². The highest BCUT2D eigenvalue weighted by atomic mass is 127. The second kappa shape index (κ2) is 5.82. The molecule has 2 aliphatic rings. The van der Waals surface area contributed by atoms with Crippen LogP contribution in [0.2, 0.25) is 0 Å². The molecule has 0 aliphatic heterocycles. The highest BCUT2D eigenvalue weighted by Crippen LogP contribution is 2.49. The van der Waals surface area contributed by atoms with Crippen molar-refractivity contribution in [2.75, 3.05) is 0 Å². The Balaban J connectivity index is 1.78. The minimum Gasteiger partial charge on any atom is -0.0619 e. The van der Waals surface area contributed by atoms with Crippen molar-refractivity contribution in [1.29, 1.82) is 0 Å². The monoisotopic (exact) mass is 448 g/mol. The zero-order valence-electron chi connectivity index (χ0n) is 15.1. The van der Waals surface area contributed by atoms with Crippen molar-refractivity contribution in [3.63, 3.8) is 0 Å². The van der Waals surface area contributed by atoms with Crippen LogP contribution in [0.5, 0.6) is 0 Å². The Morgan fingerprint density at radius 1 is 0.731 bits per heavy atom. The molecule has 0 unspecified atom stereocenters. The highest BCUT2D eigenvalue weighted by molar-refractivity contribution is 14.1. The molecular formula is C25H21I. The summed E-state index contributed by atoms with van der Waals surface area (Å²) >= 11 is 2.52. The lowest BCUT2D eigenvalue weighted by Gasteiger charge is -2.23. The molecule has 0 amide bonds. The van der Waals surface area contributed by atoms with Crippen molar-refractivity contribution in [3.8, 4) is 11.1 Å². The maximum Gasteiger partial charge on any atom is 0.0159 e. The molecule has 0 atom stereocenters. The van der Waals surface area contributed by atoms with E-state index in [1.807, 2.05) is 0 Å². The number of rotatable bonds is 1. The molecule has 0 nitrogen and oxygen atoms in total. The highest BCUT2D eigenvalue weighted by Gasteiger charge is 2.35. The SMILES string of the molecule is CC1(C)c2ccccc2-c2ccc(C3=c4ccccc4=C(I)CC3)cc21. The first-order valence-electron chi connectivity index (χ1n) is 9.29. The lowest BCUT2D eigenvalue weighted by Crippen LogP contribution is -2.31. The largest absolute Gasteiger partial charge is 0.0619 e. The van der Waals surface area contributed by atoms with E-state index in [1.165, 1.54) is 47.4 Å². The zero-order chi connectivity index (χ0) is 17.9. The van der Waals surface area contributed by atoms with Crippen molar-refractivity contribution in [2.45, 2.75) is 32.1 Å². The van der Waals surface area contributed by atoms with Crippen LogP contribution < -0.4 is 10.4 Å². The molecule has 1 heteroatoms.